The van der Waals surface area contributed by atoms with Crippen molar-refractivity contribution in [2.24, 2.45) is 5.92 Å². The summed E-state index contributed by atoms with van der Waals surface area (Å²) in [6, 6.07) is 0. The molecular weight excluding hydrogens is 160 g/mol. The van der Waals surface area contributed by atoms with Gasteiger partial charge in [-0.05, 0) is 25.2 Å². The van der Waals surface area contributed by atoms with Gasteiger partial charge in [-0.2, -0.15) is 0 Å². The Morgan fingerprint density at radius 1 is 1.23 bits per heavy atom. The van der Waals surface area contributed by atoms with Crippen molar-refractivity contribution in [2.75, 3.05) is 0 Å². The van der Waals surface area contributed by atoms with Crippen LogP contribution in [0, 0.1) is 5.92 Å². The number of nitrogens with one attached hydrogen (secondary N) is 1. The van der Waals surface area contributed by atoms with E-state index in [1.54, 1.807) is 0 Å². The molecule has 0 aromatic carbocycles. The fourth-order valence-corrected chi connectivity index (χ4v) is 3.60. The van der Waals surface area contributed by atoms with Gasteiger partial charge in [0, 0.05) is 32.1 Å². The SMILES string of the molecule is [NH-][N+]1=C2CCC13CCCC(CC3)C2. The Bertz CT molecular complexity index is 269. The minimum atomic E-state index is 0.292. The van der Waals surface area contributed by atoms with Gasteiger partial charge in [-0.1, -0.05) is 0 Å². The largest absolute Gasteiger partial charge is 0.454 e. The Balaban J connectivity index is 2.07. The zero-order chi connectivity index (χ0) is 8.89. The third kappa shape index (κ3) is 0.976. The van der Waals surface area contributed by atoms with E-state index in [2.05, 4.69) is 0 Å². The summed E-state index contributed by atoms with van der Waals surface area (Å²) in [6.45, 7) is 0. The number of hydrogen-bond donors (Lipinski definition) is 0. The molecule has 0 aromatic heterocycles. The molecule has 1 saturated carbocycles. The van der Waals surface area contributed by atoms with E-state index < -0.39 is 0 Å². The molecule has 1 fully saturated rings. The van der Waals surface area contributed by atoms with Gasteiger partial charge in [0.2, 0.25) is 0 Å². The van der Waals surface area contributed by atoms with Crippen LogP contribution in [0.2, 0.25) is 0 Å². The summed E-state index contributed by atoms with van der Waals surface area (Å²) in [5.41, 5.74) is 1.74. The molecule has 1 spiro atoms. The van der Waals surface area contributed by atoms with E-state index in [-0.39, 0.29) is 0 Å². The molecule has 2 unspecified atom stereocenters. The highest BCUT2D eigenvalue weighted by atomic mass is 15.4. The number of nitrogens with zero attached hydrogens (tertiary/aromatic N) is 1. The molecule has 1 N–H and O–H groups in total. The van der Waals surface area contributed by atoms with Crippen molar-refractivity contribution in [3.8, 4) is 0 Å². The summed E-state index contributed by atoms with van der Waals surface area (Å²) in [4.78, 5) is 0. The maximum Gasteiger partial charge on any atom is 0.157 e. The first kappa shape index (κ1) is 7.84. The van der Waals surface area contributed by atoms with Crippen molar-refractivity contribution in [3.05, 3.63) is 5.84 Å². The van der Waals surface area contributed by atoms with Gasteiger partial charge in [0.15, 0.2) is 5.54 Å². The fraction of sp³-hybridized carbons (Fsp3) is 0.909. The summed E-state index contributed by atoms with van der Waals surface area (Å²) in [6.07, 6.45) is 10.5. The van der Waals surface area contributed by atoms with Crippen molar-refractivity contribution in [1.29, 1.82) is 0 Å². The average molecular weight is 178 g/mol. The Morgan fingerprint density at radius 2 is 2.15 bits per heavy atom. The van der Waals surface area contributed by atoms with Gasteiger partial charge in [0.05, 0.1) is 0 Å². The van der Waals surface area contributed by atoms with E-state index in [0.29, 0.717) is 5.54 Å². The highest BCUT2D eigenvalue weighted by molar-refractivity contribution is 5.81. The molecule has 2 heterocycles. The van der Waals surface area contributed by atoms with Crippen LogP contribution in [0.1, 0.15) is 51.4 Å². The first-order valence-electron chi connectivity index (χ1n) is 5.66. The Hall–Kier alpha value is -0.530. The maximum absolute atomic E-state index is 8.15. The Labute approximate surface area is 79.8 Å². The van der Waals surface area contributed by atoms with E-state index in [9.17, 15) is 0 Å². The Morgan fingerprint density at radius 3 is 3.08 bits per heavy atom. The number of fused-ring (bicyclic) bond motifs is 2. The predicted molar refractivity (Wildman–Crippen MR) is 52.7 cm³/mol. The number of hydrogen-bond acceptors (Lipinski definition) is 0. The normalized spacial score (nSPS) is 43.5. The topological polar surface area (TPSA) is 26.8 Å². The molecule has 2 nitrogen and oxygen atoms in total. The molecule has 0 amide bonds. The molecule has 2 atom stereocenters. The van der Waals surface area contributed by atoms with Crippen LogP contribution in [0.5, 0.6) is 0 Å². The average Bonchev–Trinajstić information content (AvgIpc) is 2.26. The molecule has 2 aliphatic heterocycles. The van der Waals surface area contributed by atoms with Crippen LogP contribution in [0.4, 0.5) is 0 Å². The van der Waals surface area contributed by atoms with Gasteiger partial charge >= 0.3 is 0 Å². The second kappa shape index (κ2) is 2.49. The van der Waals surface area contributed by atoms with Gasteiger partial charge < -0.3 is 5.84 Å². The van der Waals surface area contributed by atoms with Gasteiger partial charge in [0.1, 0.15) is 5.71 Å². The summed E-state index contributed by atoms with van der Waals surface area (Å²) in [7, 11) is 0. The molecular formula is C11H18N2. The standard InChI is InChI=1S/C11H18N2/c12-13-10-4-7-11(13)5-1-2-9(8-10)3-6-11/h9,12H,1-8H2. The highest BCUT2D eigenvalue weighted by Crippen LogP contribution is 2.44. The molecule has 1 aliphatic carbocycles. The third-order valence-electron chi connectivity index (χ3n) is 4.47. The van der Waals surface area contributed by atoms with Crippen LogP contribution in [0.25, 0.3) is 5.84 Å². The van der Waals surface area contributed by atoms with E-state index >= 15 is 0 Å². The van der Waals surface area contributed by atoms with Crippen LogP contribution < -0.4 is 0 Å². The van der Waals surface area contributed by atoms with Crippen molar-refractivity contribution in [1.82, 2.24) is 0 Å². The quantitative estimate of drug-likeness (QED) is 0.510. The molecule has 0 aromatic rings. The first-order chi connectivity index (χ1) is 6.30. The summed E-state index contributed by atoms with van der Waals surface area (Å²) < 4.78 is 1.92. The fourth-order valence-electron chi connectivity index (χ4n) is 3.60. The molecule has 72 valence electrons. The van der Waals surface area contributed by atoms with Crippen molar-refractivity contribution >= 4 is 5.71 Å². The van der Waals surface area contributed by atoms with E-state index in [4.69, 9.17) is 5.84 Å². The lowest BCUT2D eigenvalue weighted by atomic mass is 9.85. The maximum atomic E-state index is 8.15. The minimum Gasteiger partial charge on any atom is -0.454 e. The number of rotatable bonds is 0. The van der Waals surface area contributed by atoms with Crippen LogP contribution in [-0.2, 0) is 0 Å². The zero-order valence-corrected chi connectivity index (χ0v) is 8.18. The molecule has 2 heteroatoms. The van der Waals surface area contributed by atoms with Crippen molar-refractivity contribution in [2.45, 2.75) is 56.9 Å². The lowest BCUT2D eigenvalue weighted by Crippen LogP contribution is -2.34. The molecule has 0 radical (unpaired) electrons. The van der Waals surface area contributed by atoms with E-state index in [1.807, 2.05) is 4.68 Å². The molecule has 3 bridgehead atoms. The minimum absolute atomic E-state index is 0.292. The molecule has 3 aliphatic rings. The highest BCUT2D eigenvalue weighted by Gasteiger charge is 2.48. The summed E-state index contributed by atoms with van der Waals surface area (Å²) in [5.74, 6) is 9.08. The second-order valence-corrected chi connectivity index (χ2v) is 5.13. The van der Waals surface area contributed by atoms with Crippen LogP contribution in [0.3, 0.4) is 0 Å². The summed E-state index contributed by atoms with van der Waals surface area (Å²) in [5, 5.41) is 0. The third-order valence-corrected chi connectivity index (χ3v) is 4.47. The Kier molecular flexibility index (Phi) is 1.50. The monoisotopic (exact) mass is 178 g/mol. The first-order valence-corrected chi connectivity index (χ1v) is 5.66. The lowest BCUT2D eigenvalue weighted by Gasteiger charge is -2.27. The second-order valence-electron chi connectivity index (χ2n) is 5.13. The predicted octanol–water partition coefficient (Wildman–Crippen LogP) is 2.92. The van der Waals surface area contributed by atoms with E-state index in [0.717, 1.165) is 5.92 Å². The van der Waals surface area contributed by atoms with E-state index in [1.165, 1.54) is 57.1 Å². The van der Waals surface area contributed by atoms with Gasteiger partial charge in [-0.25, -0.2) is 0 Å². The molecule has 3 rings (SSSR count). The lowest BCUT2D eigenvalue weighted by molar-refractivity contribution is -0.544. The van der Waals surface area contributed by atoms with Crippen molar-refractivity contribution < 1.29 is 4.68 Å². The van der Waals surface area contributed by atoms with Crippen LogP contribution >= 0.6 is 0 Å². The smallest absolute Gasteiger partial charge is 0.157 e. The van der Waals surface area contributed by atoms with Gasteiger partial charge in [-0.3, -0.25) is 4.68 Å². The molecule has 13 heavy (non-hydrogen) atoms. The van der Waals surface area contributed by atoms with Crippen molar-refractivity contribution in [3.63, 3.8) is 0 Å². The zero-order valence-electron chi connectivity index (χ0n) is 8.18. The van der Waals surface area contributed by atoms with Gasteiger partial charge in [-0.15, -0.1) is 0 Å². The van der Waals surface area contributed by atoms with Gasteiger partial charge in [0.25, 0.3) is 0 Å². The molecule has 0 saturated heterocycles. The van der Waals surface area contributed by atoms with Crippen LogP contribution in [0.15, 0.2) is 0 Å². The summed E-state index contributed by atoms with van der Waals surface area (Å²) >= 11 is 0. The van der Waals surface area contributed by atoms with Crippen LogP contribution in [-0.4, -0.2) is 15.9 Å².